The molecule has 3 heteroatoms. The number of halogens is 1. The average Bonchev–Trinajstić information content (AvgIpc) is 2.27. The van der Waals surface area contributed by atoms with Gasteiger partial charge in [0.1, 0.15) is 5.75 Å². The molecule has 0 amide bonds. The SMILES string of the molecule is CCCCOc1cncc(C#CCCl)c1. The predicted octanol–water partition coefficient (Wildman–Crippen LogP) is 2.85. The fourth-order valence-electron chi connectivity index (χ4n) is 1.04. The zero-order valence-electron chi connectivity index (χ0n) is 8.79. The molecule has 0 aromatic carbocycles. The van der Waals surface area contributed by atoms with E-state index in [-0.39, 0.29) is 0 Å². The van der Waals surface area contributed by atoms with Crippen LogP contribution in [0.2, 0.25) is 0 Å². The Bertz CT molecular complexity index is 354. The molecule has 15 heavy (non-hydrogen) atoms. The highest BCUT2D eigenvalue weighted by Crippen LogP contribution is 2.10. The van der Waals surface area contributed by atoms with Crippen molar-refractivity contribution in [3.05, 3.63) is 24.0 Å². The highest BCUT2D eigenvalue weighted by molar-refractivity contribution is 6.19. The Balaban J connectivity index is 2.57. The highest BCUT2D eigenvalue weighted by Gasteiger charge is 1.95. The van der Waals surface area contributed by atoms with Crippen molar-refractivity contribution in [3.63, 3.8) is 0 Å². The first-order chi connectivity index (χ1) is 7.36. The second kappa shape index (κ2) is 7.14. The maximum Gasteiger partial charge on any atom is 0.138 e. The molecule has 0 radical (unpaired) electrons. The van der Waals surface area contributed by atoms with Gasteiger partial charge in [-0.2, -0.15) is 0 Å². The molecule has 0 fully saturated rings. The van der Waals surface area contributed by atoms with Gasteiger partial charge in [0.25, 0.3) is 0 Å². The van der Waals surface area contributed by atoms with E-state index in [1.54, 1.807) is 12.4 Å². The maximum atomic E-state index is 5.50. The van der Waals surface area contributed by atoms with Gasteiger partial charge in [0.2, 0.25) is 0 Å². The number of alkyl halides is 1. The van der Waals surface area contributed by atoms with Crippen LogP contribution in [0.25, 0.3) is 0 Å². The summed E-state index contributed by atoms with van der Waals surface area (Å²) in [6, 6.07) is 1.88. The number of ether oxygens (including phenoxy) is 1. The van der Waals surface area contributed by atoms with Crippen LogP contribution in [0.5, 0.6) is 5.75 Å². The lowest BCUT2D eigenvalue weighted by atomic mass is 10.3. The second-order valence-electron chi connectivity index (χ2n) is 3.05. The summed E-state index contributed by atoms with van der Waals surface area (Å²) in [4.78, 5) is 4.05. The summed E-state index contributed by atoms with van der Waals surface area (Å²) in [5.74, 6) is 6.78. The van der Waals surface area contributed by atoms with E-state index in [0.29, 0.717) is 5.88 Å². The molecule has 1 rings (SSSR count). The van der Waals surface area contributed by atoms with Gasteiger partial charge >= 0.3 is 0 Å². The van der Waals surface area contributed by atoms with Gasteiger partial charge in [-0.05, 0) is 12.5 Å². The Morgan fingerprint density at radius 3 is 3.07 bits per heavy atom. The van der Waals surface area contributed by atoms with Gasteiger partial charge < -0.3 is 4.74 Å². The van der Waals surface area contributed by atoms with Gasteiger partial charge in [-0.15, -0.1) is 11.6 Å². The van der Waals surface area contributed by atoms with E-state index in [0.717, 1.165) is 30.8 Å². The number of aromatic nitrogens is 1. The number of nitrogens with zero attached hydrogens (tertiary/aromatic N) is 1. The Kier molecular flexibility index (Phi) is 5.65. The minimum absolute atomic E-state index is 0.334. The zero-order chi connectivity index (χ0) is 10.9. The van der Waals surface area contributed by atoms with E-state index in [4.69, 9.17) is 16.3 Å². The van der Waals surface area contributed by atoms with Crippen LogP contribution in [-0.4, -0.2) is 17.5 Å². The van der Waals surface area contributed by atoms with Crippen molar-refractivity contribution >= 4 is 11.6 Å². The zero-order valence-corrected chi connectivity index (χ0v) is 9.55. The Hall–Kier alpha value is -1.20. The third-order valence-corrected chi connectivity index (χ3v) is 1.91. The maximum absolute atomic E-state index is 5.50. The van der Waals surface area contributed by atoms with Gasteiger partial charge in [-0.25, -0.2) is 0 Å². The molecule has 0 aliphatic rings. The van der Waals surface area contributed by atoms with Gasteiger partial charge in [0.05, 0.1) is 18.7 Å². The molecule has 80 valence electrons. The molecule has 1 aromatic rings. The highest BCUT2D eigenvalue weighted by atomic mass is 35.5. The number of hydrogen-bond acceptors (Lipinski definition) is 2. The first-order valence-corrected chi connectivity index (χ1v) is 5.53. The molecule has 0 aliphatic carbocycles. The van der Waals surface area contributed by atoms with Crippen molar-refractivity contribution in [1.82, 2.24) is 4.98 Å². The summed E-state index contributed by atoms with van der Waals surface area (Å²) in [5, 5.41) is 0. The molecule has 0 aliphatic heterocycles. The summed E-state index contributed by atoms with van der Waals surface area (Å²) in [6.07, 6.45) is 5.57. The lowest BCUT2D eigenvalue weighted by molar-refractivity contribution is 0.308. The lowest BCUT2D eigenvalue weighted by Gasteiger charge is -2.04. The van der Waals surface area contributed by atoms with Crippen LogP contribution in [0.15, 0.2) is 18.5 Å². The minimum Gasteiger partial charge on any atom is -0.492 e. The number of pyridine rings is 1. The Morgan fingerprint density at radius 1 is 1.47 bits per heavy atom. The van der Waals surface area contributed by atoms with E-state index >= 15 is 0 Å². The van der Waals surface area contributed by atoms with Crippen LogP contribution in [-0.2, 0) is 0 Å². The van der Waals surface area contributed by atoms with Crippen LogP contribution in [0.1, 0.15) is 25.3 Å². The van der Waals surface area contributed by atoms with Crippen LogP contribution in [0, 0.1) is 11.8 Å². The molecule has 1 aromatic heterocycles. The second-order valence-corrected chi connectivity index (χ2v) is 3.31. The quantitative estimate of drug-likeness (QED) is 0.445. The van der Waals surface area contributed by atoms with Crippen molar-refractivity contribution in [3.8, 4) is 17.6 Å². The summed E-state index contributed by atoms with van der Waals surface area (Å²) in [7, 11) is 0. The number of unbranched alkanes of at least 4 members (excludes halogenated alkanes) is 1. The topological polar surface area (TPSA) is 22.1 Å². The molecule has 0 saturated carbocycles. The number of hydrogen-bond donors (Lipinski definition) is 0. The molecule has 0 spiro atoms. The smallest absolute Gasteiger partial charge is 0.138 e. The summed E-state index contributed by atoms with van der Waals surface area (Å²) in [6.45, 7) is 2.86. The van der Waals surface area contributed by atoms with E-state index < -0.39 is 0 Å². The van der Waals surface area contributed by atoms with Crippen molar-refractivity contribution in [2.45, 2.75) is 19.8 Å². The first kappa shape index (κ1) is 11.9. The van der Waals surface area contributed by atoms with Crippen LogP contribution in [0.3, 0.4) is 0 Å². The van der Waals surface area contributed by atoms with Gasteiger partial charge in [0, 0.05) is 11.8 Å². The summed E-state index contributed by atoms with van der Waals surface area (Å²) < 4.78 is 5.50. The molecule has 0 atom stereocenters. The van der Waals surface area contributed by atoms with Crippen molar-refractivity contribution in [1.29, 1.82) is 0 Å². The normalized spacial score (nSPS) is 9.20. The molecule has 0 bridgehead atoms. The fraction of sp³-hybridized carbons (Fsp3) is 0.417. The molecular formula is C12H14ClNO. The molecule has 2 nitrogen and oxygen atoms in total. The third-order valence-electron chi connectivity index (χ3n) is 1.78. The van der Waals surface area contributed by atoms with Gasteiger partial charge in [0.15, 0.2) is 0 Å². The summed E-state index contributed by atoms with van der Waals surface area (Å²) >= 11 is 5.47. The minimum atomic E-state index is 0.334. The standard InChI is InChI=1S/C12H14ClNO/c1-2-3-7-15-12-8-11(5-4-6-13)9-14-10-12/h8-10H,2-3,6-7H2,1H3. The first-order valence-electron chi connectivity index (χ1n) is 4.99. The average molecular weight is 224 g/mol. The monoisotopic (exact) mass is 223 g/mol. The molecule has 0 saturated heterocycles. The van der Waals surface area contributed by atoms with Crippen LogP contribution < -0.4 is 4.74 Å². The van der Waals surface area contributed by atoms with Gasteiger partial charge in [-0.3, -0.25) is 4.98 Å². The van der Waals surface area contributed by atoms with E-state index in [1.807, 2.05) is 6.07 Å². The van der Waals surface area contributed by atoms with E-state index in [2.05, 4.69) is 23.7 Å². The van der Waals surface area contributed by atoms with Crippen LogP contribution >= 0.6 is 11.6 Å². The molecule has 0 unspecified atom stereocenters. The van der Waals surface area contributed by atoms with E-state index in [1.165, 1.54) is 0 Å². The number of rotatable bonds is 4. The largest absolute Gasteiger partial charge is 0.492 e. The molecule has 1 heterocycles. The Morgan fingerprint density at radius 2 is 2.33 bits per heavy atom. The van der Waals surface area contributed by atoms with Gasteiger partial charge in [-0.1, -0.05) is 25.2 Å². The van der Waals surface area contributed by atoms with Crippen molar-refractivity contribution in [2.75, 3.05) is 12.5 Å². The predicted molar refractivity (Wildman–Crippen MR) is 62.2 cm³/mol. The fourth-order valence-corrected chi connectivity index (χ4v) is 1.10. The summed E-state index contributed by atoms with van der Waals surface area (Å²) in [5.41, 5.74) is 0.838. The molecule has 0 N–H and O–H groups in total. The lowest BCUT2D eigenvalue weighted by Crippen LogP contribution is -1.97. The Labute approximate surface area is 95.6 Å². The van der Waals surface area contributed by atoms with Crippen molar-refractivity contribution in [2.24, 2.45) is 0 Å². The van der Waals surface area contributed by atoms with E-state index in [9.17, 15) is 0 Å². The third kappa shape index (κ3) is 4.71. The van der Waals surface area contributed by atoms with Crippen LogP contribution in [0.4, 0.5) is 0 Å². The van der Waals surface area contributed by atoms with Crippen molar-refractivity contribution < 1.29 is 4.74 Å². The molecular weight excluding hydrogens is 210 g/mol.